The van der Waals surface area contributed by atoms with Crippen molar-refractivity contribution in [1.29, 1.82) is 0 Å². The lowest BCUT2D eigenvalue weighted by atomic mass is 10.1. The molecule has 0 bridgehead atoms. The molecule has 0 spiro atoms. The number of nitrogen functional groups attached to an aromatic ring is 1. The number of nitrogens with zero attached hydrogens (tertiary/aromatic N) is 5. The molecular weight excluding hydrogens is 576 g/mol. The van der Waals surface area contributed by atoms with Crippen molar-refractivity contribution in [3.63, 3.8) is 0 Å². The van der Waals surface area contributed by atoms with Gasteiger partial charge >= 0.3 is 19.4 Å². The number of aromatic nitrogens is 2. The fourth-order valence-electron chi connectivity index (χ4n) is 4.19. The second kappa shape index (κ2) is 12.4. The van der Waals surface area contributed by atoms with Gasteiger partial charge in [-0.15, -0.1) is 0 Å². The Kier molecular flexibility index (Phi) is 9.16. The highest BCUT2D eigenvalue weighted by atomic mass is 31.2. The second-order valence-electron chi connectivity index (χ2n) is 9.65. The number of aliphatic hydroxyl groups is 1. The van der Waals surface area contributed by atoms with Gasteiger partial charge in [-0.3, -0.25) is 13.9 Å². The standard InChI is InChI=1S/C25H29FN7O8P/c1-14(2)39-23(35)15(3)30-42(37,41-18-10-6-8-16-7-4-5-9-17(16)18)38-13-25(31-32-28)21(26)20(34)22(40-25)33-12-11-19(27)29-24(33)36/h4-12,14-15,20-22,34H,13H2,1-3H3,(H,30,37)(H2,27,29,36)/t15-,20+,21-,22+,25+,42?/m0/s1. The van der Waals surface area contributed by atoms with Crippen molar-refractivity contribution >= 4 is 30.3 Å². The van der Waals surface area contributed by atoms with Crippen molar-refractivity contribution < 1.29 is 37.4 Å². The Bertz CT molecular complexity index is 1610. The molecule has 1 aromatic heterocycles. The van der Waals surface area contributed by atoms with Gasteiger partial charge in [0.2, 0.25) is 5.72 Å². The van der Waals surface area contributed by atoms with E-state index in [4.69, 9.17) is 24.3 Å². The minimum Gasteiger partial charge on any atom is -0.462 e. The largest absolute Gasteiger partial charge is 0.462 e. The molecule has 2 heterocycles. The Hall–Kier alpha value is -4.04. The summed E-state index contributed by atoms with van der Waals surface area (Å²) in [6, 6.07) is 11.9. The summed E-state index contributed by atoms with van der Waals surface area (Å²) in [6.07, 6.45) is -5.62. The summed E-state index contributed by atoms with van der Waals surface area (Å²) in [6.45, 7) is 3.52. The lowest BCUT2D eigenvalue weighted by molar-refractivity contribution is -0.149. The topological polar surface area (TPSA) is 213 Å². The molecule has 1 unspecified atom stereocenters. The molecule has 224 valence electrons. The zero-order valence-corrected chi connectivity index (χ0v) is 23.6. The molecule has 4 rings (SSSR count). The van der Waals surface area contributed by atoms with Gasteiger partial charge in [-0.25, -0.2) is 13.8 Å². The van der Waals surface area contributed by atoms with Gasteiger partial charge in [-0.2, -0.15) is 10.1 Å². The minimum atomic E-state index is -4.63. The third-order valence-electron chi connectivity index (χ3n) is 6.15. The molecule has 0 radical (unpaired) electrons. The third-order valence-corrected chi connectivity index (χ3v) is 7.76. The summed E-state index contributed by atoms with van der Waals surface area (Å²) >= 11 is 0. The molecule has 0 saturated carbocycles. The van der Waals surface area contributed by atoms with Crippen molar-refractivity contribution in [2.24, 2.45) is 5.11 Å². The maximum atomic E-state index is 15.6. The molecule has 2 aromatic carbocycles. The molecular formula is C25H29FN7O8P. The van der Waals surface area contributed by atoms with Crippen LogP contribution < -0.4 is 21.0 Å². The van der Waals surface area contributed by atoms with E-state index >= 15 is 4.39 Å². The Morgan fingerprint density at radius 2 is 2.02 bits per heavy atom. The summed E-state index contributed by atoms with van der Waals surface area (Å²) in [5, 5.41) is 17.7. The maximum absolute atomic E-state index is 15.6. The number of alkyl halides is 1. The van der Waals surface area contributed by atoms with Crippen LogP contribution in [0.15, 0.2) is 64.6 Å². The number of aliphatic hydroxyl groups excluding tert-OH is 1. The van der Waals surface area contributed by atoms with Gasteiger partial charge in [0.25, 0.3) is 0 Å². The number of carbonyl (C=O) groups excluding carboxylic acids is 1. The molecule has 0 aliphatic carbocycles. The Morgan fingerprint density at radius 3 is 2.71 bits per heavy atom. The lowest BCUT2D eigenvalue weighted by Crippen LogP contribution is -2.43. The number of hydrogen-bond acceptors (Lipinski definition) is 11. The first-order valence-corrected chi connectivity index (χ1v) is 14.2. The molecule has 1 aliphatic heterocycles. The summed E-state index contributed by atoms with van der Waals surface area (Å²) in [4.78, 5) is 31.0. The molecule has 42 heavy (non-hydrogen) atoms. The van der Waals surface area contributed by atoms with E-state index in [1.807, 2.05) is 0 Å². The summed E-state index contributed by atoms with van der Waals surface area (Å²) < 4.78 is 52.6. The zero-order chi connectivity index (χ0) is 30.7. The van der Waals surface area contributed by atoms with E-state index < -0.39 is 62.4 Å². The number of rotatable bonds is 11. The first-order chi connectivity index (χ1) is 19.9. The first-order valence-electron chi connectivity index (χ1n) is 12.7. The van der Waals surface area contributed by atoms with Gasteiger partial charge in [0.05, 0.1) is 12.7 Å². The molecule has 1 saturated heterocycles. The number of fused-ring (bicyclic) bond motifs is 1. The van der Waals surface area contributed by atoms with E-state index in [-0.39, 0.29) is 11.6 Å². The summed E-state index contributed by atoms with van der Waals surface area (Å²) in [5.74, 6) is -0.827. The van der Waals surface area contributed by atoms with Crippen LogP contribution in [-0.4, -0.2) is 57.4 Å². The molecule has 15 nitrogen and oxygen atoms in total. The summed E-state index contributed by atoms with van der Waals surface area (Å²) in [7, 11) is -4.63. The number of hydrogen-bond donors (Lipinski definition) is 3. The molecule has 3 aromatic rings. The van der Waals surface area contributed by atoms with Crippen LogP contribution in [0.2, 0.25) is 0 Å². The highest BCUT2D eigenvalue weighted by molar-refractivity contribution is 7.52. The number of carbonyl (C=O) groups is 1. The van der Waals surface area contributed by atoms with Crippen molar-refractivity contribution in [2.75, 3.05) is 12.3 Å². The molecule has 6 atom stereocenters. The highest BCUT2D eigenvalue weighted by Gasteiger charge is 2.58. The van der Waals surface area contributed by atoms with E-state index in [0.717, 1.165) is 16.2 Å². The third kappa shape index (κ3) is 6.54. The molecule has 4 N–H and O–H groups in total. The second-order valence-corrected chi connectivity index (χ2v) is 11.3. The monoisotopic (exact) mass is 605 g/mol. The van der Waals surface area contributed by atoms with Crippen LogP contribution in [-0.2, 0) is 23.4 Å². The van der Waals surface area contributed by atoms with Crippen LogP contribution in [0.1, 0.15) is 27.0 Å². The Balaban J connectivity index is 1.68. The normalized spacial score (nSPS) is 24.1. The van der Waals surface area contributed by atoms with E-state index in [0.29, 0.717) is 5.39 Å². The molecule has 17 heteroatoms. The number of benzene rings is 2. The fraction of sp³-hybridized carbons (Fsp3) is 0.400. The Morgan fingerprint density at radius 1 is 1.31 bits per heavy atom. The van der Waals surface area contributed by atoms with Crippen molar-refractivity contribution in [2.45, 2.75) is 57.1 Å². The highest BCUT2D eigenvalue weighted by Crippen LogP contribution is 2.50. The van der Waals surface area contributed by atoms with Gasteiger partial charge in [0.1, 0.15) is 23.7 Å². The average Bonchev–Trinajstić information content (AvgIpc) is 3.17. The predicted molar refractivity (Wildman–Crippen MR) is 148 cm³/mol. The van der Waals surface area contributed by atoms with Gasteiger partial charge in [0, 0.05) is 16.5 Å². The van der Waals surface area contributed by atoms with Crippen LogP contribution in [0.4, 0.5) is 10.2 Å². The SMILES string of the molecule is CC(C)OC(=O)[C@H](C)NP(=O)(OC[C@@]1(N=[N+]=[N-])O[C@@H](n2ccc(N)nc2=O)[C@H](O)[C@@H]1F)Oc1cccc2ccccc12. The van der Waals surface area contributed by atoms with E-state index in [9.17, 15) is 24.8 Å². The number of nitrogens with two attached hydrogens (primary N) is 1. The number of nitrogens with one attached hydrogen (secondary N) is 1. The van der Waals surface area contributed by atoms with E-state index in [2.05, 4.69) is 20.1 Å². The number of esters is 1. The van der Waals surface area contributed by atoms with Crippen LogP contribution in [0, 0.1) is 0 Å². The van der Waals surface area contributed by atoms with Gasteiger partial charge < -0.3 is 24.8 Å². The molecule has 0 amide bonds. The van der Waals surface area contributed by atoms with Crippen molar-refractivity contribution in [3.8, 4) is 5.75 Å². The molecule has 1 aliphatic rings. The van der Waals surface area contributed by atoms with Crippen molar-refractivity contribution in [1.82, 2.24) is 14.6 Å². The number of halogens is 1. The number of anilines is 1. The van der Waals surface area contributed by atoms with Gasteiger partial charge in [0.15, 0.2) is 12.4 Å². The van der Waals surface area contributed by atoms with Gasteiger partial charge in [-0.1, -0.05) is 41.5 Å². The van der Waals surface area contributed by atoms with Gasteiger partial charge in [-0.05, 0) is 43.8 Å². The van der Waals surface area contributed by atoms with Crippen LogP contribution in [0.25, 0.3) is 21.2 Å². The Labute approximate surface area is 238 Å². The van der Waals surface area contributed by atoms with E-state index in [1.165, 1.54) is 19.1 Å². The lowest BCUT2D eigenvalue weighted by Gasteiger charge is -2.29. The maximum Gasteiger partial charge on any atom is 0.459 e. The number of azide groups is 1. The van der Waals surface area contributed by atoms with Crippen molar-refractivity contribution in [3.05, 3.63) is 75.7 Å². The number of ether oxygens (including phenoxy) is 2. The van der Waals surface area contributed by atoms with E-state index in [1.54, 1.807) is 50.2 Å². The van der Waals surface area contributed by atoms with Crippen LogP contribution in [0.5, 0.6) is 5.75 Å². The predicted octanol–water partition coefficient (Wildman–Crippen LogP) is 3.35. The van der Waals surface area contributed by atoms with Crippen LogP contribution >= 0.6 is 7.75 Å². The average molecular weight is 606 g/mol. The minimum absolute atomic E-state index is 0.0905. The first kappa shape index (κ1) is 30.9. The quantitative estimate of drug-likeness (QED) is 0.0947. The fourth-order valence-corrected chi connectivity index (χ4v) is 5.72. The smallest absolute Gasteiger partial charge is 0.459 e. The zero-order valence-electron chi connectivity index (χ0n) is 22.7. The van der Waals surface area contributed by atoms with Crippen LogP contribution in [0.3, 0.4) is 0 Å². The molecule has 1 fully saturated rings. The summed E-state index contributed by atoms with van der Waals surface area (Å²) in [5.41, 5.74) is 11.1.